The minimum atomic E-state index is -3.84. The monoisotopic (exact) mass is 490 g/mol. The molecule has 6 nitrogen and oxygen atoms in total. The van der Waals surface area contributed by atoms with Crippen LogP contribution in [0.2, 0.25) is 0 Å². The molecule has 0 aliphatic carbocycles. The Bertz CT molecular complexity index is 1280. The van der Waals surface area contributed by atoms with Gasteiger partial charge in [-0.2, -0.15) is 4.31 Å². The molecule has 0 spiro atoms. The van der Waals surface area contributed by atoms with Gasteiger partial charge in [0.1, 0.15) is 0 Å². The molecule has 0 amide bonds. The summed E-state index contributed by atoms with van der Waals surface area (Å²) in [7, 11) is -3.84. The van der Waals surface area contributed by atoms with Crippen molar-refractivity contribution in [1.29, 1.82) is 0 Å². The van der Waals surface area contributed by atoms with E-state index in [0.29, 0.717) is 5.71 Å². The van der Waals surface area contributed by atoms with Gasteiger partial charge in [0.15, 0.2) is 6.04 Å². The summed E-state index contributed by atoms with van der Waals surface area (Å²) in [5, 5.41) is 0. The third-order valence-corrected chi connectivity index (χ3v) is 8.33. The molecule has 0 aromatic heterocycles. The van der Waals surface area contributed by atoms with Crippen molar-refractivity contribution in [1.82, 2.24) is 4.31 Å². The summed E-state index contributed by atoms with van der Waals surface area (Å²) >= 11 is 0. The normalized spacial score (nSPS) is 19.4. The van der Waals surface area contributed by atoms with Crippen molar-refractivity contribution >= 4 is 21.7 Å². The van der Waals surface area contributed by atoms with Gasteiger partial charge in [-0.3, -0.25) is 4.99 Å². The van der Waals surface area contributed by atoms with Crippen molar-refractivity contribution in [3.8, 4) is 0 Å². The molecule has 35 heavy (non-hydrogen) atoms. The van der Waals surface area contributed by atoms with Gasteiger partial charge in [0.25, 0.3) is 0 Å². The minimum absolute atomic E-state index is 0.175. The summed E-state index contributed by atoms with van der Waals surface area (Å²) in [5.74, 6) is -0.545. The van der Waals surface area contributed by atoms with Gasteiger partial charge in [-0.15, -0.1) is 0 Å². The zero-order valence-corrected chi connectivity index (χ0v) is 21.2. The van der Waals surface area contributed by atoms with E-state index in [1.165, 1.54) is 4.31 Å². The Kier molecular flexibility index (Phi) is 6.92. The summed E-state index contributed by atoms with van der Waals surface area (Å²) < 4.78 is 33.9. The molecule has 1 heterocycles. The average Bonchev–Trinajstić information content (AvgIpc) is 3.43. The molecule has 0 bridgehead atoms. The van der Waals surface area contributed by atoms with E-state index in [-0.39, 0.29) is 11.5 Å². The Labute approximate surface area is 207 Å². The van der Waals surface area contributed by atoms with Crippen LogP contribution < -0.4 is 0 Å². The van der Waals surface area contributed by atoms with Crippen LogP contribution in [0.1, 0.15) is 37.5 Å². The number of ether oxygens (including phenoxy) is 1. The molecule has 3 aromatic rings. The summed E-state index contributed by atoms with van der Waals surface area (Å²) in [6.07, 6.45) is 0. The minimum Gasteiger partial charge on any atom is -0.464 e. The van der Waals surface area contributed by atoms with Gasteiger partial charge in [0, 0.05) is 11.1 Å². The SMILES string of the molecule is CCOC(=O)[C@@H](N=C(c1ccccc1)c1ccccc1)[C@H]1N(S(=O)(=O)c2ccc(C)cc2)C1(C)C. The maximum atomic E-state index is 13.6. The number of hydrogen-bond acceptors (Lipinski definition) is 5. The van der Waals surface area contributed by atoms with Gasteiger partial charge in [-0.05, 0) is 39.8 Å². The highest BCUT2D eigenvalue weighted by atomic mass is 32.2. The maximum absolute atomic E-state index is 13.6. The Balaban J connectivity index is 1.81. The quantitative estimate of drug-likeness (QED) is 0.262. The van der Waals surface area contributed by atoms with E-state index >= 15 is 0 Å². The lowest BCUT2D eigenvalue weighted by Gasteiger charge is -2.16. The van der Waals surface area contributed by atoms with E-state index in [9.17, 15) is 13.2 Å². The molecule has 1 saturated heterocycles. The van der Waals surface area contributed by atoms with Crippen molar-refractivity contribution in [2.24, 2.45) is 4.99 Å². The number of rotatable bonds is 8. The van der Waals surface area contributed by atoms with Crippen molar-refractivity contribution < 1.29 is 17.9 Å². The molecule has 182 valence electrons. The molecule has 1 aliphatic heterocycles. The van der Waals surface area contributed by atoms with Crippen LogP contribution in [0.4, 0.5) is 0 Å². The van der Waals surface area contributed by atoms with Gasteiger partial charge in [-0.1, -0.05) is 78.4 Å². The van der Waals surface area contributed by atoms with Gasteiger partial charge in [-0.25, -0.2) is 13.2 Å². The molecular weight excluding hydrogens is 460 g/mol. The van der Waals surface area contributed by atoms with Crippen LogP contribution in [0.5, 0.6) is 0 Å². The Morgan fingerprint density at radius 1 is 0.943 bits per heavy atom. The molecule has 4 rings (SSSR count). The second-order valence-electron chi connectivity index (χ2n) is 9.12. The van der Waals surface area contributed by atoms with Gasteiger partial charge < -0.3 is 4.74 Å². The average molecular weight is 491 g/mol. The number of carbonyl (C=O) groups is 1. The van der Waals surface area contributed by atoms with Crippen LogP contribution in [-0.4, -0.2) is 48.6 Å². The van der Waals surface area contributed by atoms with Crippen molar-refractivity contribution in [3.63, 3.8) is 0 Å². The first-order valence-electron chi connectivity index (χ1n) is 11.6. The predicted octanol–water partition coefficient (Wildman–Crippen LogP) is 4.62. The fourth-order valence-electron chi connectivity index (χ4n) is 4.40. The number of aryl methyl sites for hydroxylation is 1. The molecule has 1 fully saturated rings. The van der Waals surface area contributed by atoms with Crippen molar-refractivity contribution in [2.75, 3.05) is 6.61 Å². The van der Waals surface area contributed by atoms with Crippen LogP contribution in [-0.2, 0) is 19.6 Å². The first kappa shape index (κ1) is 24.8. The van der Waals surface area contributed by atoms with E-state index in [2.05, 4.69) is 0 Å². The lowest BCUT2D eigenvalue weighted by Crippen LogP contribution is -2.33. The van der Waals surface area contributed by atoms with E-state index in [1.807, 2.05) is 81.4 Å². The number of aliphatic imine (C=N–C) groups is 1. The number of carbonyl (C=O) groups excluding carboxylic acids is 1. The molecule has 1 aliphatic rings. The zero-order chi connectivity index (χ0) is 25.2. The second kappa shape index (κ2) is 9.76. The zero-order valence-electron chi connectivity index (χ0n) is 20.4. The van der Waals surface area contributed by atoms with Crippen molar-refractivity contribution in [3.05, 3.63) is 102 Å². The summed E-state index contributed by atoms with van der Waals surface area (Å²) in [6.45, 7) is 7.44. The van der Waals surface area contributed by atoms with E-state index in [1.54, 1.807) is 31.2 Å². The molecule has 7 heteroatoms. The van der Waals surface area contributed by atoms with Crippen LogP contribution in [0, 0.1) is 6.92 Å². The highest BCUT2D eigenvalue weighted by molar-refractivity contribution is 7.89. The lowest BCUT2D eigenvalue weighted by atomic mass is 10.00. The number of sulfonamides is 1. The Morgan fingerprint density at radius 2 is 1.46 bits per heavy atom. The van der Waals surface area contributed by atoms with Gasteiger partial charge in [0.05, 0.1) is 28.8 Å². The van der Waals surface area contributed by atoms with Crippen LogP contribution in [0.25, 0.3) is 0 Å². The number of esters is 1. The van der Waals surface area contributed by atoms with Crippen LogP contribution >= 0.6 is 0 Å². The third-order valence-electron chi connectivity index (χ3n) is 6.24. The largest absolute Gasteiger partial charge is 0.464 e. The molecule has 3 aromatic carbocycles. The Morgan fingerprint density at radius 3 is 1.94 bits per heavy atom. The lowest BCUT2D eigenvalue weighted by molar-refractivity contribution is -0.144. The molecular formula is C28H30N2O4S. The molecule has 3 atom stereocenters. The molecule has 0 saturated carbocycles. The standard InChI is InChI=1S/C28H30N2O4S/c1-5-34-27(31)25(29-24(21-12-8-6-9-13-21)22-14-10-7-11-15-22)26-28(3,4)30(26)35(32,33)23-18-16-20(2)17-19-23/h6-19,25-26H,5H2,1-4H3/t25-,26+,30?/m0/s1. The highest BCUT2D eigenvalue weighted by Crippen LogP contribution is 2.48. The van der Waals surface area contributed by atoms with E-state index in [0.717, 1.165) is 16.7 Å². The summed E-state index contributed by atoms with van der Waals surface area (Å²) in [6, 6.07) is 24.1. The summed E-state index contributed by atoms with van der Waals surface area (Å²) in [5.41, 5.74) is 2.43. The molecule has 1 unspecified atom stereocenters. The topological polar surface area (TPSA) is 75.8 Å². The number of nitrogens with zero attached hydrogens (tertiary/aromatic N) is 2. The fraction of sp³-hybridized carbons (Fsp3) is 0.286. The van der Waals surface area contributed by atoms with Crippen molar-refractivity contribution in [2.45, 2.75) is 50.2 Å². The maximum Gasteiger partial charge on any atom is 0.332 e. The Hall–Kier alpha value is -3.29. The number of hydrogen-bond donors (Lipinski definition) is 0. The highest BCUT2D eigenvalue weighted by Gasteiger charge is 2.67. The van der Waals surface area contributed by atoms with E-state index in [4.69, 9.17) is 9.73 Å². The molecule has 0 N–H and O–H groups in total. The smallest absolute Gasteiger partial charge is 0.332 e. The van der Waals surface area contributed by atoms with E-state index < -0.39 is 33.6 Å². The second-order valence-corrected chi connectivity index (χ2v) is 10.9. The predicted molar refractivity (Wildman–Crippen MR) is 137 cm³/mol. The third kappa shape index (κ3) is 4.92. The fourth-order valence-corrected chi connectivity index (χ4v) is 6.46. The van der Waals surface area contributed by atoms with Crippen LogP contribution in [0.15, 0.2) is 94.8 Å². The van der Waals surface area contributed by atoms with Gasteiger partial charge >= 0.3 is 5.97 Å². The first-order chi connectivity index (χ1) is 16.7. The first-order valence-corrected chi connectivity index (χ1v) is 13.1. The van der Waals surface area contributed by atoms with Gasteiger partial charge in [0.2, 0.25) is 10.0 Å². The molecule has 0 radical (unpaired) electrons. The van der Waals surface area contributed by atoms with Crippen LogP contribution in [0.3, 0.4) is 0 Å². The summed E-state index contributed by atoms with van der Waals surface area (Å²) in [4.78, 5) is 18.3. The number of benzene rings is 3.